The second kappa shape index (κ2) is 54.5. The summed E-state index contributed by atoms with van der Waals surface area (Å²) in [4.78, 5) is 235. The Morgan fingerprint density at radius 2 is 0.800 bits per heavy atom. The minimum Gasteiger partial charge on any atom is -0.480 e. The van der Waals surface area contributed by atoms with Crippen LogP contribution in [0.4, 0.5) is 0 Å². The Morgan fingerprint density at radius 3 is 1.21 bits per heavy atom. The highest BCUT2D eigenvalue weighted by atomic mass is 32.2. The van der Waals surface area contributed by atoms with Gasteiger partial charge in [-0.1, -0.05) is 113 Å². The van der Waals surface area contributed by atoms with Crippen molar-refractivity contribution in [2.45, 2.75) is 278 Å². The number of carbonyl (C=O) groups is 17. The lowest BCUT2D eigenvalue weighted by molar-refractivity contribution is -0.144. The summed E-state index contributed by atoms with van der Waals surface area (Å²) in [6.45, 7) is 25.0. The molecule has 17 atom stereocenters. The number of aliphatic hydroxyl groups is 2. The van der Waals surface area contributed by atoms with Gasteiger partial charge in [0.2, 0.25) is 94.5 Å². The lowest BCUT2D eigenvalue weighted by Crippen LogP contribution is -2.61. The second-order valence-electron chi connectivity index (χ2n) is 32.9. The molecule has 37 nitrogen and oxygen atoms in total. The maximum absolute atomic E-state index is 14.6. The molecule has 0 aromatic heterocycles. The Bertz CT molecular complexity index is 3580. The van der Waals surface area contributed by atoms with Gasteiger partial charge < -0.3 is 106 Å². The molecule has 1 aliphatic heterocycles. The van der Waals surface area contributed by atoms with E-state index >= 15 is 0 Å². The fraction of sp³-hybridized carbons (Fsp3) is 0.713. The SMILES string of the molecule is CSCC[C@H](NC(=O)CNC(=O)[C@H](CCSC)NC(=O)[C@H](CC(C)C)NC(=O)[C@H](Cc1ccccc1)NC(=O)[C@H](CC(C)C)NC(=O)[C@H](CC(C)C)NC(=O)[C@@H](N)C(C)C)C(=O)N[C@@H](C)C(=O)N[C@@H](CS)C(=O)N[C@@H](C)C(=O)N[C@H](C(=O)N1CCC[C@H]1C(=O)N[C@@H](CC(C)C)C(=O)N[C@@H](CC(C)C)C(=O)N[C@@H](CO)C(=O)N[C@@H](C)C(=O)O)[C@@H](C)O. The van der Waals surface area contributed by atoms with Gasteiger partial charge in [-0.05, 0) is 151 Å². The topological polar surface area (TPSA) is 561 Å². The third kappa shape index (κ3) is 38.5. The van der Waals surface area contributed by atoms with E-state index in [1.807, 2.05) is 41.5 Å². The van der Waals surface area contributed by atoms with E-state index in [0.29, 0.717) is 17.1 Å². The van der Waals surface area contributed by atoms with Crippen molar-refractivity contribution < 1.29 is 96.8 Å². The molecule has 1 aromatic rings. The number of nitrogens with zero attached hydrogens (tertiary/aromatic N) is 1. The van der Waals surface area contributed by atoms with Gasteiger partial charge >= 0.3 is 5.97 Å². The van der Waals surface area contributed by atoms with Crippen molar-refractivity contribution in [3.63, 3.8) is 0 Å². The first-order valence-electron chi connectivity index (χ1n) is 40.9. The molecule has 0 bridgehead atoms. The minimum atomic E-state index is -1.69. The number of carbonyl (C=O) groups excluding carboxylic acids is 16. The lowest BCUT2D eigenvalue weighted by Gasteiger charge is -2.32. The van der Waals surface area contributed by atoms with Crippen molar-refractivity contribution in [1.82, 2.24) is 84.7 Å². The number of carboxylic acids is 1. The Morgan fingerprint density at radius 1 is 0.442 bits per heavy atom. The van der Waals surface area contributed by atoms with E-state index in [9.17, 15) is 96.8 Å². The molecular formula is C80H135N17O20S3. The standard InChI is InChI=1S/C80H135N17O20S3/c1-40(2)31-53(90-74(110)58(36-50-23-20-19-21-24-50)91-70(106)54(32-41(3)4)88-72(108)57(35-44(9)10)93-78(114)63(81)45(11)12)69(105)87-51(26-29-119-17)67(103)82-37-62(100)86-52(27-30-120-18)68(104)83-46(13)65(101)95-60(39-118)76(112)84-47(14)66(102)96-64(49(16)99)79(115)97-28-22-25-61(97)77(113)92-56(34-43(7)8)71(107)89-55(33-42(5)6)73(109)94-59(38-98)75(111)85-48(15)80(116)117/h19-21,23-24,40-49,51-61,63-64,98-99,118H,22,25-39,81H2,1-18H3,(H,82,103)(H,83,104)(H,84,112)(H,85,111)(H,86,100)(H,87,105)(H,88,108)(H,89,107)(H,90,110)(H,91,106)(H,92,113)(H,93,114)(H,94,109)(H,95,101)(H,96,102)(H,116,117)/t46-,47-,48-,49+,51-,52-,53-,54-,55-,56-,57-,58-,59-,60-,61-,63-,64-/m0/s1. The molecule has 1 aliphatic rings. The Kier molecular flexibility index (Phi) is 48.7. The molecule has 0 radical (unpaired) electrons. The number of likely N-dealkylation sites (tertiary alicyclic amines) is 1. The number of carboxylic acid groups (broad SMARTS) is 1. The quantitative estimate of drug-likeness (QED) is 0.0323. The van der Waals surface area contributed by atoms with Gasteiger partial charge in [-0.2, -0.15) is 36.2 Å². The normalized spacial score (nSPS) is 16.7. The smallest absolute Gasteiger partial charge is 0.325 e. The average molecular weight is 1750 g/mol. The fourth-order valence-electron chi connectivity index (χ4n) is 12.6. The number of thiol groups is 1. The molecular weight excluding hydrogens is 1620 g/mol. The number of nitrogens with one attached hydrogen (secondary N) is 15. The molecule has 0 spiro atoms. The lowest BCUT2D eigenvalue weighted by atomic mass is 9.98. The number of aliphatic hydroxyl groups excluding tert-OH is 2. The van der Waals surface area contributed by atoms with E-state index in [-0.39, 0.29) is 112 Å². The van der Waals surface area contributed by atoms with Crippen LogP contribution in [0.5, 0.6) is 0 Å². The van der Waals surface area contributed by atoms with Gasteiger partial charge in [0, 0.05) is 18.7 Å². The van der Waals surface area contributed by atoms with Crippen LogP contribution in [0.15, 0.2) is 30.3 Å². The molecule has 1 fully saturated rings. The summed E-state index contributed by atoms with van der Waals surface area (Å²) in [7, 11) is 0. The number of hydrogen-bond acceptors (Lipinski definition) is 23. The van der Waals surface area contributed by atoms with Crippen LogP contribution >= 0.6 is 36.2 Å². The minimum absolute atomic E-state index is 0.0174. The number of aliphatic carboxylic acids is 1. The van der Waals surface area contributed by atoms with Crippen LogP contribution in [-0.2, 0) is 87.9 Å². The fourth-order valence-corrected chi connectivity index (χ4v) is 13.8. The van der Waals surface area contributed by atoms with E-state index in [1.165, 1.54) is 51.2 Å². The van der Waals surface area contributed by atoms with Crippen molar-refractivity contribution in [3.05, 3.63) is 35.9 Å². The van der Waals surface area contributed by atoms with E-state index in [1.54, 1.807) is 84.4 Å². The number of nitrogens with two attached hydrogens (primary N) is 1. The highest BCUT2D eigenvalue weighted by Crippen LogP contribution is 2.22. The third-order valence-electron chi connectivity index (χ3n) is 19.3. The zero-order valence-corrected chi connectivity index (χ0v) is 75.1. The van der Waals surface area contributed by atoms with Crippen LogP contribution < -0.4 is 85.5 Å². The molecule has 1 heterocycles. The summed E-state index contributed by atoms with van der Waals surface area (Å²) >= 11 is 6.94. The molecule has 1 saturated heterocycles. The summed E-state index contributed by atoms with van der Waals surface area (Å²) in [5.41, 5.74) is 6.78. The van der Waals surface area contributed by atoms with E-state index in [0.717, 1.165) is 4.90 Å². The van der Waals surface area contributed by atoms with Crippen LogP contribution in [-0.4, -0.2) is 273 Å². The average Bonchev–Trinajstić information content (AvgIpc) is 1.64. The number of thioether (sulfide) groups is 2. The van der Waals surface area contributed by atoms with E-state index in [4.69, 9.17) is 5.73 Å². The van der Waals surface area contributed by atoms with Gasteiger partial charge in [0.25, 0.3) is 0 Å². The highest BCUT2D eigenvalue weighted by molar-refractivity contribution is 7.98. The van der Waals surface area contributed by atoms with Crippen molar-refractivity contribution in [3.8, 4) is 0 Å². The summed E-state index contributed by atoms with van der Waals surface area (Å²) in [6.07, 6.45) is 2.93. The zero-order valence-electron chi connectivity index (χ0n) is 72.5. The summed E-state index contributed by atoms with van der Waals surface area (Å²) in [5, 5.41) is 68.8. The summed E-state index contributed by atoms with van der Waals surface area (Å²) < 4.78 is 0. The van der Waals surface area contributed by atoms with Crippen molar-refractivity contribution >= 4 is 137 Å². The van der Waals surface area contributed by atoms with Gasteiger partial charge in [0.1, 0.15) is 90.6 Å². The van der Waals surface area contributed by atoms with E-state index < -0.39 is 216 Å². The zero-order chi connectivity index (χ0) is 91.1. The number of rotatable bonds is 54. The molecule has 1 aromatic carbocycles. The highest BCUT2D eigenvalue weighted by Gasteiger charge is 2.43. The van der Waals surface area contributed by atoms with Crippen LogP contribution in [0.2, 0.25) is 0 Å². The molecule has 0 unspecified atom stereocenters. The molecule has 20 N–H and O–H groups in total. The predicted octanol–water partition coefficient (Wildman–Crippen LogP) is -1.71. The van der Waals surface area contributed by atoms with Crippen molar-refractivity contribution in [1.29, 1.82) is 0 Å². The molecule has 0 aliphatic carbocycles. The van der Waals surface area contributed by atoms with Gasteiger partial charge in [-0.25, -0.2) is 0 Å². The first-order chi connectivity index (χ1) is 56.2. The Labute approximate surface area is 718 Å². The summed E-state index contributed by atoms with van der Waals surface area (Å²) in [6, 6.07) is -12.1. The monoisotopic (exact) mass is 1750 g/mol. The number of benzene rings is 1. The Hall–Kier alpha value is -8.86. The first-order valence-corrected chi connectivity index (χ1v) is 44.3. The van der Waals surface area contributed by atoms with Crippen LogP contribution in [0.1, 0.15) is 174 Å². The maximum Gasteiger partial charge on any atom is 0.325 e. The van der Waals surface area contributed by atoms with Gasteiger partial charge in [-0.15, -0.1) is 0 Å². The van der Waals surface area contributed by atoms with Gasteiger partial charge in [0.15, 0.2) is 0 Å². The summed E-state index contributed by atoms with van der Waals surface area (Å²) in [5.74, 6) is -15.0. The predicted molar refractivity (Wildman–Crippen MR) is 458 cm³/mol. The van der Waals surface area contributed by atoms with Crippen LogP contribution in [0.25, 0.3) is 0 Å². The molecule has 2 rings (SSSR count). The van der Waals surface area contributed by atoms with Crippen molar-refractivity contribution in [2.24, 2.45) is 41.2 Å². The van der Waals surface area contributed by atoms with Gasteiger partial charge in [0.05, 0.1) is 25.3 Å². The van der Waals surface area contributed by atoms with Gasteiger partial charge in [-0.3, -0.25) is 81.5 Å². The third-order valence-corrected chi connectivity index (χ3v) is 21.0. The molecule has 40 heteroatoms. The Balaban J connectivity index is 2.23. The molecule has 678 valence electrons. The van der Waals surface area contributed by atoms with E-state index in [2.05, 4.69) is 92.4 Å². The molecule has 16 amide bonds. The largest absolute Gasteiger partial charge is 0.480 e. The van der Waals surface area contributed by atoms with Crippen molar-refractivity contribution in [2.75, 3.05) is 49.5 Å². The maximum atomic E-state index is 14.6. The second-order valence-corrected chi connectivity index (χ2v) is 35.2. The number of amides is 16. The number of hydrogen-bond donors (Lipinski definition) is 20. The first kappa shape index (κ1) is 107. The van der Waals surface area contributed by atoms with Crippen LogP contribution in [0, 0.1) is 35.5 Å². The van der Waals surface area contributed by atoms with Crippen LogP contribution in [0.3, 0.4) is 0 Å². The molecule has 0 saturated carbocycles. The molecule has 120 heavy (non-hydrogen) atoms.